The van der Waals surface area contributed by atoms with Crippen molar-refractivity contribution >= 4 is 52.0 Å². The second-order valence-corrected chi connectivity index (χ2v) is 8.72. The largest absolute Gasteiger partial charge is 0.452 e. The predicted octanol–water partition coefficient (Wildman–Crippen LogP) is 4.65. The number of hydrogen-bond acceptors (Lipinski definition) is 8. The van der Waals surface area contributed by atoms with Gasteiger partial charge >= 0.3 is 5.97 Å². The lowest BCUT2D eigenvalue weighted by Crippen LogP contribution is -2.30. The number of nitrogens with zero attached hydrogens (tertiary/aromatic N) is 3. The molecular weight excluding hydrogens is 450 g/mol. The monoisotopic (exact) mass is 467 g/mol. The fourth-order valence-corrected chi connectivity index (χ4v) is 4.72. The zero-order valence-electron chi connectivity index (χ0n) is 16.6. The van der Waals surface area contributed by atoms with Crippen molar-refractivity contribution in [1.82, 2.24) is 5.01 Å². The Kier molecular flexibility index (Phi) is 6.52. The summed E-state index contributed by atoms with van der Waals surface area (Å²) in [4.78, 5) is 37.2. The van der Waals surface area contributed by atoms with E-state index in [2.05, 4.69) is 5.10 Å². The Balaban J connectivity index is 1.41. The molecule has 32 heavy (non-hydrogen) atoms. The topological polar surface area (TPSA) is 102 Å². The van der Waals surface area contributed by atoms with Crippen molar-refractivity contribution in [2.24, 2.45) is 5.10 Å². The van der Waals surface area contributed by atoms with E-state index in [4.69, 9.17) is 4.74 Å². The maximum absolute atomic E-state index is 12.8. The van der Waals surface area contributed by atoms with Gasteiger partial charge < -0.3 is 4.74 Å². The second-order valence-electron chi connectivity index (χ2n) is 6.79. The van der Waals surface area contributed by atoms with Crippen molar-refractivity contribution in [3.8, 4) is 0 Å². The standard InChI is InChI=1S/C22H17N3O5S2/c26-21(14-30-22(27)9-8-15-4-1-5-16(12-15)25(28)29)24-18(20-7-3-11-32-20)13-17(23-24)19-6-2-10-31-19/h1-12,18H,13-14H2/b9-8+. The van der Waals surface area contributed by atoms with Crippen LogP contribution in [0, 0.1) is 10.1 Å². The molecule has 1 unspecified atom stereocenters. The molecule has 0 aliphatic carbocycles. The average molecular weight is 468 g/mol. The third kappa shape index (κ3) is 4.98. The Bertz CT molecular complexity index is 1190. The summed E-state index contributed by atoms with van der Waals surface area (Å²) < 4.78 is 5.09. The minimum absolute atomic E-state index is 0.0799. The molecule has 4 rings (SSSR count). The molecule has 3 aromatic rings. The van der Waals surface area contributed by atoms with Crippen molar-refractivity contribution in [3.63, 3.8) is 0 Å². The van der Waals surface area contributed by atoms with E-state index < -0.39 is 23.4 Å². The van der Waals surface area contributed by atoms with Crippen LogP contribution in [0.2, 0.25) is 0 Å². The molecule has 0 fully saturated rings. The Labute approximate surface area is 191 Å². The van der Waals surface area contributed by atoms with Crippen LogP contribution in [0.1, 0.15) is 27.8 Å². The van der Waals surface area contributed by atoms with Gasteiger partial charge in [0.15, 0.2) is 6.61 Å². The minimum Gasteiger partial charge on any atom is -0.452 e. The van der Waals surface area contributed by atoms with Crippen LogP contribution in [0.25, 0.3) is 6.08 Å². The van der Waals surface area contributed by atoms with Crippen molar-refractivity contribution in [2.75, 3.05) is 6.61 Å². The molecule has 1 aromatic carbocycles. The number of esters is 1. The third-order valence-corrected chi connectivity index (χ3v) is 6.57. The molecule has 1 atom stereocenters. The lowest BCUT2D eigenvalue weighted by molar-refractivity contribution is -0.384. The summed E-state index contributed by atoms with van der Waals surface area (Å²) in [6.45, 7) is -0.457. The van der Waals surface area contributed by atoms with Crippen LogP contribution in [0.15, 0.2) is 70.5 Å². The average Bonchev–Trinajstić information content (AvgIpc) is 3.56. The Hall–Kier alpha value is -3.63. The molecule has 0 spiro atoms. The third-order valence-electron chi connectivity index (χ3n) is 4.67. The molecule has 3 heterocycles. The Morgan fingerprint density at radius 3 is 2.72 bits per heavy atom. The molecule has 0 radical (unpaired) electrons. The first-order valence-electron chi connectivity index (χ1n) is 9.57. The number of hydrogen-bond donors (Lipinski definition) is 0. The van der Waals surface area contributed by atoms with Crippen LogP contribution in [0.4, 0.5) is 5.69 Å². The van der Waals surface area contributed by atoms with Crippen LogP contribution < -0.4 is 0 Å². The van der Waals surface area contributed by atoms with Crippen molar-refractivity contribution < 1.29 is 19.2 Å². The number of non-ortho nitro benzene ring substituents is 1. The molecule has 0 bridgehead atoms. The number of hydrazone groups is 1. The van der Waals surface area contributed by atoms with Crippen LogP contribution in [-0.4, -0.2) is 34.1 Å². The van der Waals surface area contributed by atoms with E-state index in [9.17, 15) is 19.7 Å². The van der Waals surface area contributed by atoms with E-state index in [0.717, 1.165) is 21.5 Å². The molecule has 1 amide bonds. The van der Waals surface area contributed by atoms with Crippen LogP contribution in [0.3, 0.4) is 0 Å². The van der Waals surface area contributed by atoms with Gasteiger partial charge in [-0.25, -0.2) is 9.80 Å². The second kappa shape index (κ2) is 9.67. The Morgan fingerprint density at radius 2 is 2.00 bits per heavy atom. The number of nitro groups is 1. The molecule has 2 aromatic heterocycles. The number of thiophene rings is 2. The summed E-state index contributed by atoms with van der Waals surface area (Å²) in [7, 11) is 0. The fraction of sp³-hybridized carbons (Fsp3) is 0.136. The van der Waals surface area contributed by atoms with Crippen molar-refractivity contribution in [1.29, 1.82) is 0 Å². The molecule has 8 nitrogen and oxygen atoms in total. The van der Waals surface area contributed by atoms with Gasteiger partial charge in [0.1, 0.15) is 0 Å². The highest BCUT2D eigenvalue weighted by Gasteiger charge is 2.34. The summed E-state index contributed by atoms with van der Waals surface area (Å²) in [5.74, 6) is -1.15. The van der Waals surface area contributed by atoms with E-state index in [1.54, 1.807) is 28.7 Å². The van der Waals surface area contributed by atoms with E-state index in [1.807, 2.05) is 35.0 Å². The molecule has 0 saturated heterocycles. The smallest absolute Gasteiger partial charge is 0.331 e. The highest BCUT2D eigenvalue weighted by molar-refractivity contribution is 7.12. The summed E-state index contributed by atoms with van der Waals surface area (Å²) in [5, 5.41) is 20.6. The minimum atomic E-state index is -0.723. The summed E-state index contributed by atoms with van der Waals surface area (Å²) in [6.07, 6.45) is 3.12. The predicted molar refractivity (Wildman–Crippen MR) is 122 cm³/mol. The maximum Gasteiger partial charge on any atom is 0.331 e. The summed E-state index contributed by atoms with van der Waals surface area (Å²) >= 11 is 3.10. The number of benzene rings is 1. The molecule has 162 valence electrons. The lowest BCUT2D eigenvalue weighted by atomic mass is 10.1. The molecular formula is C22H17N3O5S2. The zero-order chi connectivity index (χ0) is 22.5. The number of rotatable bonds is 7. The van der Waals surface area contributed by atoms with Gasteiger partial charge in [-0.15, -0.1) is 22.7 Å². The SMILES string of the molecule is O=C(/C=C/c1cccc([N+](=O)[O-])c1)OCC(=O)N1N=C(c2cccs2)CC1c1cccs1. The van der Waals surface area contributed by atoms with Crippen LogP contribution in [0.5, 0.6) is 0 Å². The van der Waals surface area contributed by atoms with Gasteiger partial charge in [-0.05, 0) is 34.5 Å². The van der Waals surface area contributed by atoms with Gasteiger partial charge in [-0.3, -0.25) is 14.9 Å². The molecule has 10 heteroatoms. The zero-order valence-corrected chi connectivity index (χ0v) is 18.3. The van der Waals surface area contributed by atoms with Gasteiger partial charge in [-0.1, -0.05) is 24.3 Å². The summed E-state index contributed by atoms with van der Waals surface area (Å²) in [6, 6.07) is 13.4. The van der Waals surface area contributed by atoms with Gasteiger partial charge in [0.2, 0.25) is 0 Å². The van der Waals surface area contributed by atoms with Gasteiger partial charge in [-0.2, -0.15) is 5.10 Å². The first kappa shape index (κ1) is 21.6. The van der Waals surface area contributed by atoms with E-state index in [1.165, 1.54) is 29.3 Å². The fourth-order valence-electron chi connectivity index (χ4n) is 3.19. The van der Waals surface area contributed by atoms with Gasteiger partial charge in [0.25, 0.3) is 11.6 Å². The Morgan fingerprint density at radius 1 is 1.19 bits per heavy atom. The van der Waals surface area contributed by atoms with Crippen LogP contribution in [-0.2, 0) is 14.3 Å². The normalized spacial score (nSPS) is 15.7. The van der Waals surface area contributed by atoms with Crippen molar-refractivity contribution in [2.45, 2.75) is 12.5 Å². The first-order valence-corrected chi connectivity index (χ1v) is 11.3. The molecule has 0 saturated carbocycles. The maximum atomic E-state index is 12.8. The molecule has 1 aliphatic heterocycles. The van der Waals surface area contributed by atoms with E-state index in [-0.39, 0.29) is 11.7 Å². The van der Waals surface area contributed by atoms with Gasteiger partial charge in [0, 0.05) is 29.5 Å². The number of carbonyl (C=O) groups excluding carboxylic acids is 2. The number of nitro benzene ring substituents is 1. The lowest BCUT2D eigenvalue weighted by Gasteiger charge is -2.20. The van der Waals surface area contributed by atoms with Crippen molar-refractivity contribution in [3.05, 3.63) is 90.8 Å². The molecule has 0 N–H and O–H groups in total. The summed E-state index contributed by atoms with van der Waals surface area (Å²) in [5.41, 5.74) is 1.22. The number of ether oxygens (including phenoxy) is 1. The van der Waals surface area contributed by atoms with Gasteiger partial charge in [0.05, 0.1) is 21.6 Å². The number of carbonyl (C=O) groups is 2. The molecule has 1 aliphatic rings. The van der Waals surface area contributed by atoms with E-state index in [0.29, 0.717) is 12.0 Å². The quantitative estimate of drug-likeness (QED) is 0.218. The van der Waals surface area contributed by atoms with Crippen LogP contribution >= 0.6 is 22.7 Å². The highest BCUT2D eigenvalue weighted by atomic mass is 32.1. The highest BCUT2D eigenvalue weighted by Crippen LogP contribution is 2.35. The number of amides is 1. The van der Waals surface area contributed by atoms with E-state index >= 15 is 0 Å². The first-order chi connectivity index (χ1) is 15.5.